The van der Waals surface area contributed by atoms with E-state index >= 15 is 0 Å². The molecule has 7 saturated heterocycles. The van der Waals surface area contributed by atoms with Crippen LogP contribution in [0.25, 0.3) is 0 Å². The van der Waals surface area contributed by atoms with E-state index in [1.807, 2.05) is 70.3 Å². The Balaban J connectivity index is 0.000000121. The molecule has 21 nitrogen and oxygen atoms in total. The Morgan fingerprint density at radius 2 is 0.802 bits per heavy atom. The smallest absolute Gasteiger partial charge is 0.126 e. The van der Waals surface area contributed by atoms with Gasteiger partial charge in [0.15, 0.2) is 0 Å². The summed E-state index contributed by atoms with van der Waals surface area (Å²) >= 11 is 0. The highest BCUT2D eigenvalue weighted by Gasteiger charge is 2.41. The van der Waals surface area contributed by atoms with Crippen LogP contribution in [0.15, 0.2) is 66.0 Å². The van der Waals surface area contributed by atoms with Crippen LogP contribution < -0.4 is 0 Å². The zero-order valence-corrected chi connectivity index (χ0v) is 56.7. The van der Waals surface area contributed by atoms with Crippen molar-refractivity contribution in [3.05, 3.63) is 35.9 Å². The summed E-state index contributed by atoms with van der Waals surface area (Å²) in [5, 5.41) is 45.3. The van der Waals surface area contributed by atoms with E-state index in [-0.39, 0.29) is 0 Å². The number of rotatable bonds is 6. The third-order valence-electron chi connectivity index (χ3n) is 18.8. The maximum atomic E-state index is 4.52. The Bertz CT molecular complexity index is 2560. The highest BCUT2D eigenvalue weighted by atomic mass is 15.6. The maximum absolute atomic E-state index is 4.52. The molecule has 0 unspecified atom stereocenters. The Morgan fingerprint density at radius 1 is 0.419 bits per heavy atom. The number of benzene rings is 1. The van der Waals surface area contributed by atoms with Gasteiger partial charge in [-0.1, -0.05) is 99.6 Å². The predicted molar refractivity (Wildman–Crippen MR) is 355 cm³/mol. The van der Waals surface area contributed by atoms with Gasteiger partial charge in [-0.15, -0.1) is 0 Å². The Kier molecular flexibility index (Phi) is 21.1. The van der Waals surface area contributed by atoms with Gasteiger partial charge in [0.2, 0.25) is 0 Å². The van der Waals surface area contributed by atoms with Crippen molar-refractivity contribution in [2.24, 2.45) is 58.4 Å². The van der Waals surface area contributed by atoms with Crippen molar-refractivity contribution in [3.63, 3.8) is 0 Å². The lowest BCUT2D eigenvalue weighted by atomic mass is 9.85. The monoisotopic (exact) mass is 1190 g/mol. The summed E-state index contributed by atoms with van der Waals surface area (Å²) in [7, 11) is 14.3. The molecule has 15 rings (SSSR count). The fourth-order valence-corrected chi connectivity index (χ4v) is 15.0. The Labute approximate surface area is 520 Å². The lowest BCUT2D eigenvalue weighted by Gasteiger charge is -2.34. The fraction of sp³-hybridized carbons (Fsp3) is 0.800. The molecule has 0 bridgehead atoms. The van der Waals surface area contributed by atoms with Gasteiger partial charge in [-0.3, -0.25) is 35.1 Å². The molecule has 0 spiro atoms. The van der Waals surface area contributed by atoms with Gasteiger partial charge in [-0.25, -0.2) is 0 Å². The van der Waals surface area contributed by atoms with Gasteiger partial charge < -0.3 is 34.3 Å². The van der Waals surface area contributed by atoms with E-state index in [1.54, 1.807) is 0 Å². The molecule has 14 aliphatic heterocycles. The molecule has 86 heavy (non-hydrogen) atoms. The molecule has 14 aliphatic rings. The highest BCUT2D eigenvalue weighted by molar-refractivity contribution is 5.88. The van der Waals surface area contributed by atoms with Crippen LogP contribution >= 0.6 is 0 Å². The van der Waals surface area contributed by atoms with E-state index in [0.717, 1.165) is 95.9 Å². The second-order valence-electron chi connectivity index (χ2n) is 29.7. The first-order valence-electron chi connectivity index (χ1n) is 33.2. The molecule has 0 saturated carbocycles. The van der Waals surface area contributed by atoms with Crippen LogP contribution in [0.4, 0.5) is 0 Å². The molecule has 5 atom stereocenters. The van der Waals surface area contributed by atoms with Gasteiger partial charge in [0, 0.05) is 138 Å². The zero-order chi connectivity index (χ0) is 61.6. The Morgan fingerprint density at radius 3 is 1.27 bits per heavy atom. The molecule has 14 heterocycles. The van der Waals surface area contributed by atoms with Crippen LogP contribution in [-0.4, -0.2) is 250 Å². The molecule has 0 aromatic heterocycles. The number of hydrogen-bond donors (Lipinski definition) is 0. The first kappa shape index (κ1) is 64.6. The first-order chi connectivity index (χ1) is 40.8. The van der Waals surface area contributed by atoms with Gasteiger partial charge in [-0.05, 0) is 92.4 Å². The minimum Gasteiger partial charge on any atom is -0.339 e. The third kappa shape index (κ3) is 16.8. The van der Waals surface area contributed by atoms with Crippen LogP contribution in [0.3, 0.4) is 0 Å². The van der Waals surface area contributed by atoms with Gasteiger partial charge in [0.05, 0.1) is 0 Å². The summed E-state index contributed by atoms with van der Waals surface area (Å²) in [5.41, 5.74) is 2.24. The molecule has 480 valence electrons. The number of hydrogen-bond acceptors (Lipinski definition) is 21. The molecule has 0 amide bonds. The number of nitrogens with zero attached hydrogens (tertiary/aromatic N) is 21. The molecular formula is C65H115N21. The number of amidine groups is 7. The van der Waals surface area contributed by atoms with Crippen LogP contribution in [0.1, 0.15) is 178 Å². The summed E-state index contributed by atoms with van der Waals surface area (Å²) < 4.78 is 0. The van der Waals surface area contributed by atoms with Gasteiger partial charge >= 0.3 is 0 Å². The molecule has 0 radical (unpaired) electrons. The lowest BCUT2D eigenvalue weighted by molar-refractivity contribution is 0.148. The predicted octanol–water partition coefficient (Wildman–Crippen LogP) is 9.36. The molecule has 21 heteroatoms. The van der Waals surface area contributed by atoms with Crippen molar-refractivity contribution in [2.45, 2.75) is 209 Å². The minimum absolute atomic E-state index is 0.377. The SMILES string of the molecule is CC(C)C[C@H]1CCC2=NN(C)CN21.CC(C)[C@H]1CCC2=NN(C)CN21.CN1CN2C(=N1)CC[C@@H]2C(C)(C)C.CN1CN2C(=N1)CC[C@@H]2CC(C)(C)C.CN1CN2C(=N1)CC[C@@H]2Cc1ccccc1.CN1CN2CCCC2=N1.CN1CN2CCCC2=N1. The largest absolute Gasteiger partial charge is 0.339 e. The van der Waals surface area contributed by atoms with Crippen LogP contribution in [0.2, 0.25) is 0 Å². The van der Waals surface area contributed by atoms with Crippen molar-refractivity contribution >= 4 is 40.8 Å². The van der Waals surface area contributed by atoms with E-state index in [9.17, 15) is 0 Å². The highest BCUT2D eigenvalue weighted by Crippen LogP contribution is 2.37. The van der Waals surface area contributed by atoms with Crippen LogP contribution in [0.5, 0.6) is 0 Å². The maximum Gasteiger partial charge on any atom is 0.126 e. The molecule has 7 fully saturated rings. The molecule has 0 N–H and O–H groups in total. The van der Waals surface area contributed by atoms with Crippen molar-refractivity contribution in [1.29, 1.82) is 0 Å². The van der Waals surface area contributed by atoms with Crippen molar-refractivity contribution < 1.29 is 0 Å². The number of hydrazone groups is 7. The summed E-state index contributed by atoms with van der Waals surface area (Å²) in [4.78, 5) is 17.0. The van der Waals surface area contributed by atoms with Crippen molar-refractivity contribution in [2.75, 3.05) is 109 Å². The Hall–Kier alpha value is -5.89. The average Bonchev–Trinajstić information content (AvgIpc) is 2.88. The quantitative estimate of drug-likeness (QED) is 0.268. The fourth-order valence-electron chi connectivity index (χ4n) is 15.0. The summed E-state index contributed by atoms with van der Waals surface area (Å²) in [6, 6.07) is 14.3. The van der Waals surface area contributed by atoms with Gasteiger partial charge in [0.25, 0.3) is 0 Å². The van der Waals surface area contributed by atoms with Crippen molar-refractivity contribution in [1.82, 2.24) is 69.4 Å². The molecular weight excluding hydrogens is 1070 g/mol. The van der Waals surface area contributed by atoms with E-state index in [0.29, 0.717) is 22.9 Å². The average molecular weight is 1190 g/mol. The lowest BCUT2D eigenvalue weighted by Crippen LogP contribution is -2.41. The zero-order valence-electron chi connectivity index (χ0n) is 56.7. The van der Waals surface area contributed by atoms with E-state index in [1.165, 1.54) is 149 Å². The standard InChI is InChI=1S/C13H17N3.C11H21N3.2C10H19N3.C9H17N3.2C6H11N3/c1-15-10-16-12(7-8-13(16)14-15)9-11-5-3-2-4-6-11;1-11(2,3)7-9-5-6-10-12-13(4)8-14(9)10;1-10(2,3)8-5-6-9-11-12(4)7-13(8)9;1-8(2)6-9-4-5-10-11-12(3)7-13(9)10;1-7(2)8-4-5-9-10-11(3)6-12(8)9;2*1-8-5-9-4-2-3-6(9)7-8/h2-6,12H,7-10H2,1H3;9H,5-8H2,1-4H3;8H,5-7H2,1-4H3;8-9H,4-7H2,1-3H3;7-8H,4-6H2,1-3H3;2*2-5H2,1H3/t12-;9-;8-;9-;8-;;/m11111../s1. The van der Waals surface area contributed by atoms with Crippen LogP contribution in [0, 0.1) is 22.7 Å². The van der Waals surface area contributed by atoms with Gasteiger partial charge in [-0.2, -0.15) is 35.7 Å². The second kappa shape index (κ2) is 28.1. The van der Waals surface area contributed by atoms with E-state index in [2.05, 4.69) is 184 Å². The summed E-state index contributed by atoms with van der Waals surface area (Å²) in [5.74, 6) is 10.6. The normalized spacial score (nSPS) is 26.2. The number of fused-ring (bicyclic) bond motifs is 7. The molecule has 1 aromatic carbocycles. The summed E-state index contributed by atoms with van der Waals surface area (Å²) in [6.45, 7) is 32.5. The topological polar surface area (TPSA) is 132 Å². The van der Waals surface area contributed by atoms with Gasteiger partial charge in [0.1, 0.15) is 87.5 Å². The summed E-state index contributed by atoms with van der Waals surface area (Å²) in [6.07, 6.45) is 21.0. The minimum atomic E-state index is 0.377. The van der Waals surface area contributed by atoms with Crippen LogP contribution in [-0.2, 0) is 6.42 Å². The molecule has 1 aromatic rings. The second-order valence-corrected chi connectivity index (χ2v) is 29.7. The first-order valence-corrected chi connectivity index (χ1v) is 33.2. The molecule has 0 aliphatic carbocycles. The van der Waals surface area contributed by atoms with Crippen molar-refractivity contribution in [3.8, 4) is 0 Å². The third-order valence-corrected chi connectivity index (χ3v) is 18.8. The van der Waals surface area contributed by atoms with E-state index < -0.39 is 0 Å². The van der Waals surface area contributed by atoms with E-state index in [4.69, 9.17) is 0 Å².